The lowest BCUT2D eigenvalue weighted by Gasteiger charge is -2.48. The molecule has 162 valence electrons. The number of pyridine rings is 1. The number of hydrogen-bond donors (Lipinski definition) is 1. The van der Waals surface area contributed by atoms with E-state index >= 15 is 0 Å². The minimum absolute atomic E-state index is 0.178. The first-order valence-corrected chi connectivity index (χ1v) is 11.9. The van der Waals surface area contributed by atoms with Crippen LogP contribution in [0.15, 0.2) is 48.8 Å². The molecule has 1 aromatic carbocycles. The number of rotatable bonds is 5. The fourth-order valence-corrected chi connectivity index (χ4v) is 5.32. The molecule has 4 aromatic rings. The predicted octanol–water partition coefficient (Wildman–Crippen LogP) is 2.68. The monoisotopic (exact) mass is 447 g/mol. The number of nitrogens with one attached hydrogen (secondary N) is 1. The van der Waals surface area contributed by atoms with E-state index in [-0.39, 0.29) is 19.5 Å². The second-order valence-electron chi connectivity index (χ2n) is 8.24. The Labute approximate surface area is 185 Å². The minimum Gasteiger partial charge on any atom is -0.278 e. The molecular formula is C22H21N7O2S. The zero-order valence-corrected chi connectivity index (χ0v) is 18.5. The summed E-state index contributed by atoms with van der Waals surface area (Å²) in [5.41, 5.74) is 4.50. The van der Waals surface area contributed by atoms with Crippen LogP contribution in [-0.4, -0.2) is 57.0 Å². The molecule has 32 heavy (non-hydrogen) atoms. The predicted molar refractivity (Wildman–Crippen MR) is 120 cm³/mol. The average Bonchev–Trinajstić information content (AvgIpc) is 3.39. The number of aryl methyl sites for hydroxylation is 1. The molecule has 0 aliphatic carbocycles. The van der Waals surface area contributed by atoms with E-state index in [1.807, 2.05) is 48.0 Å². The van der Waals surface area contributed by atoms with Gasteiger partial charge in [0.2, 0.25) is 10.0 Å². The number of aromatic amines is 1. The molecule has 3 aromatic heterocycles. The smallest absolute Gasteiger partial charge is 0.211 e. The molecule has 0 radical (unpaired) electrons. The average molecular weight is 448 g/mol. The highest BCUT2D eigenvalue weighted by molar-refractivity contribution is 7.88. The lowest BCUT2D eigenvalue weighted by Crippen LogP contribution is -2.64. The third kappa shape index (κ3) is 3.26. The number of benzene rings is 1. The molecule has 0 bridgehead atoms. The SMILES string of the molecule is Cc1cc(-c2cc(-c3ccn[nH]3)cc3ncccc23)nn1C1(CC#N)CN(S(C)(=O)=O)C1. The van der Waals surface area contributed by atoms with Crippen molar-refractivity contribution in [1.29, 1.82) is 5.26 Å². The summed E-state index contributed by atoms with van der Waals surface area (Å²) >= 11 is 0. The lowest BCUT2D eigenvalue weighted by molar-refractivity contribution is 0.0704. The van der Waals surface area contributed by atoms with E-state index in [1.165, 1.54) is 10.6 Å². The second-order valence-corrected chi connectivity index (χ2v) is 10.2. The molecule has 0 unspecified atom stereocenters. The number of H-pyrrole nitrogens is 1. The molecule has 10 heteroatoms. The van der Waals surface area contributed by atoms with E-state index in [9.17, 15) is 13.7 Å². The molecule has 0 atom stereocenters. The fraction of sp³-hybridized carbons (Fsp3) is 0.273. The number of sulfonamides is 1. The first-order chi connectivity index (χ1) is 15.3. The highest BCUT2D eigenvalue weighted by atomic mass is 32.2. The van der Waals surface area contributed by atoms with Gasteiger partial charge in [-0.25, -0.2) is 8.42 Å². The Balaban J connectivity index is 1.63. The molecule has 5 rings (SSSR count). The van der Waals surface area contributed by atoms with Crippen LogP contribution in [0.3, 0.4) is 0 Å². The summed E-state index contributed by atoms with van der Waals surface area (Å²) in [5.74, 6) is 0. The van der Waals surface area contributed by atoms with Crippen molar-refractivity contribution in [3.05, 3.63) is 54.5 Å². The van der Waals surface area contributed by atoms with Crippen molar-refractivity contribution < 1.29 is 8.42 Å². The summed E-state index contributed by atoms with van der Waals surface area (Å²) in [7, 11) is -3.32. The van der Waals surface area contributed by atoms with Crippen LogP contribution in [0.4, 0.5) is 0 Å². The van der Waals surface area contributed by atoms with E-state index < -0.39 is 15.6 Å². The Morgan fingerprint density at radius 3 is 2.72 bits per heavy atom. The summed E-state index contributed by atoms with van der Waals surface area (Å²) < 4.78 is 27.1. The Morgan fingerprint density at radius 1 is 1.22 bits per heavy atom. The van der Waals surface area contributed by atoms with Gasteiger partial charge in [0, 0.05) is 47.7 Å². The molecule has 9 nitrogen and oxygen atoms in total. The lowest BCUT2D eigenvalue weighted by atomic mass is 9.89. The summed E-state index contributed by atoms with van der Waals surface area (Å²) in [5, 5.41) is 22.3. The maximum atomic E-state index is 11.9. The van der Waals surface area contributed by atoms with Crippen LogP contribution in [0.25, 0.3) is 33.4 Å². The van der Waals surface area contributed by atoms with Gasteiger partial charge in [0.05, 0.1) is 35.7 Å². The minimum atomic E-state index is -3.32. The molecule has 1 saturated heterocycles. The standard InChI is InChI=1S/C22H21N7O2S/c1-15-10-21(27-29(15)22(6-7-23)13-28(14-22)32(2,30)31)18-11-16(19-5-9-25-26-19)12-20-17(18)4-3-8-24-20/h3-5,8-12H,6,13-14H2,1-2H3,(H,25,26). The van der Waals surface area contributed by atoms with Crippen molar-refractivity contribution in [3.63, 3.8) is 0 Å². The van der Waals surface area contributed by atoms with Gasteiger partial charge in [-0.05, 0) is 37.3 Å². The molecule has 0 spiro atoms. The Morgan fingerprint density at radius 2 is 2.03 bits per heavy atom. The molecule has 4 heterocycles. The van der Waals surface area contributed by atoms with E-state index in [4.69, 9.17) is 5.10 Å². The van der Waals surface area contributed by atoms with Gasteiger partial charge in [-0.3, -0.25) is 14.8 Å². The summed E-state index contributed by atoms with van der Waals surface area (Å²) in [6.07, 6.45) is 4.82. The highest BCUT2D eigenvalue weighted by Crippen LogP contribution is 2.38. The van der Waals surface area contributed by atoms with Crippen LogP contribution in [0.5, 0.6) is 0 Å². The first-order valence-electron chi connectivity index (χ1n) is 10.1. The van der Waals surface area contributed by atoms with Gasteiger partial charge < -0.3 is 0 Å². The van der Waals surface area contributed by atoms with Gasteiger partial charge in [-0.15, -0.1) is 0 Å². The van der Waals surface area contributed by atoms with Crippen molar-refractivity contribution in [1.82, 2.24) is 29.3 Å². The summed E-state index contributed by atoms with van der Waals surface area (Å²) in [4.78, 5) is 4.52. The van der Waals surface area contributed by atoms with Crippen molar-refractivity contribution in [3.8, 4) is 28.6 Å². The third-order valence-electron chi connectivity index (χ3n) is 5.96. The number of aromatic nitrogens is 5. The Hall–Kier alpha value is -3.55. The van der Waals surface area contributed by atoms with Crippen molar-refractivity contribution in [2.75, 3.05) is 19.3 Å². The van der Waals surface area contributed by atoms with Crippen LogP contribution in [0.1, 0.15) is 12.1 Å². The second kappa shape index (κ2) is 7.25. The molecule has 1 aliphatic heterocycles. The zero-order chi connectivity index (χ0) is 22.5. The van der Waals surface area contributed by atoms with E-state index in [2.05, 4.69) is 21.3 Å². The summed E-state index contributed by atoms with van der Waals surface area (Å²) in [6, 6.07) is 14.0. The molecule has 1 aliphatic rings. The van der Waals surface area contributed by atoms with Crippen molar-refractivity contribution in [2.24, 2.45) is 0 Å². The molecule has 1 N–H and O–H groups in total. The van der Waals surface area contributed by atoms with Crippen LogP contribution in [-0.2, 0) is 15.6 Å². The van der Waals surface area contributed by atoms with Crippen LogP contribution >= 0.6 is 0 Å². The Kier molecular flexibility index (Phi) is 4.62. The van der Waals surface area contributed by atoms with Gasteiger partial charge in [-0.1, -0.05) is 6.07 Å². The summed E-state index contributed by atoms with van der Waals surface area (Å²) in [6.45, 7) is 2.40. The number of nitriles is 1. The number of fused-ring (bicyclic) bond motifs is 1. The van der Waals surface area contributed by atoms with Crippen molar-refractivity contribution in [2.45, 2.75) is 18.9 Å². The number of hydrogen-bond acceptors (Lipinski definition) is 6. The Bertz CT molecular complexity index is 1460. The van der Waals surface area contributed by atoms with E-state index in [0.29, 0.717) is 0 Å². The topological polar surface area (TPSA) is 121 Å². The third-order valence-corrected chi connectivity index (χ3v) is 7.16. The van der Waals surface area contributed by atoms with Gasteiger partial charge >= 0.3 is 0 Å². The highest BCUT2D eigenvalue weighted by Gasteiger charge is 2.49. The quantitative estimate of drug-likeness (QED) is 0.502. The van der Waals surface area contributed by atoms with Gasteiger partial charge in [0.25, 0.3) is 0 Å². The maximum absolute atomic E-state index is 11.9. The van der Waals surface area contributed by atoms with Crippen LogP contribution in [0, 0.1) is 18.3 Å². The van der Waals surface area contributed by atoms with Gasteiger partial charge in [-0.2, -0.15) is 19.8 Å². The van der Waals surface area contributed by atoms with Gasteiger partial charge in [0.1, 0.15) is 5.54 Å². The fourth-order valence-electron chi connectivity index (χ4n) is 4.37. The van der Waals surface area contributed by atoms with E-state index in [1.54, 1.807) is 12.4 Å². The normalized spacial score (nSPS) is 16.0. The zero-order valence-electron chi connectivity index (χ0n) is 17.6. The largest absolute Gasteiger partial charge is 0.278 e. The maximum Gasteiger partial charge on any atom is 0.211 e. The van der Waals surface area contributed by atoms with Crippen molar-refractivity contribution >= 4 is 20.9 Å². The molecule has 0 saturated carbocycles. The molecule has 0 amide bonds. The first kappa shape index (κ1) is 20.4. The van der Waals surface area contributed by atoms with Crippen LogP contribution in [0.2, 0.25) is 0 Å². The van der Waals surface area contributed by atoms with Gasteiger partial charge in [0.15, 0.2) is 0 Å². The molecular weight excluding hydrogens is 426 g/mol. The molecule has 1 fully saturated rings. The van der Waals surface area contributed by atoms with E-state index in [0.717, 1.165) is 39.1 Å². The van der Waals surface area contributed by atoms with Crippen LogP contribution < -0.4 is 0 Å². The number of nitrogens with zero attached hydrogens (tertiary/aromatic N) is 6.